The third-order valence-corrected chi connectivity index (χ3v) is 5.99. The summed E-state index contributed by atoms with van der Waals surface area (Å²) in [6.07, 6.45) is 2.54. The molecule has 24 heavy (non-hydrogen) atoms. The lowest BCUT2D eigenvalue weighted by Crippen LogP contribution is -2.48. The summed E-state index contributed by atoms with van der Waals surface area (Å²) in [6.45, 7) is 1.23. The number of nitrogens with one attached hydrogen (secondary N) is 1. The van der Waals surface area contributed by atoms with E-state index in [1.807, 2.05) is 4.90 Å². The summed E-state index contributed by atoms with van der Waals surface area (Å²) < 4.78 is 5.68. The average Bonchev–Trinajstić information content (AvgIpc) is 3.20. The zero-order chi connectivity index (χ0) is 16.8. The molecule has 4 rings (SSSR count). The molecule has 5 atom stereocenters. The van der Waals surface area contributed by atoms with Gasteiger partial charge in [-0.05, 0) is 48.3 Å². The number of hydrogen-bond acceptors (Lipinski definition) is 3. The van der Waals surface area contributed by atoms with Gasteiger partial charge in [-0.25, -0.2) is 9.59 Å². The van der Waals surface area contributed by atoms with Crippen molar-refractivity contribution in [3.8, 4) is 0 Å². The molecular weight excluding hydrogens is 308 g/mol. The molecule has 1 aromatic carbocycles. The summed E-state index contributed by atoms with van der Waals surface area (Å²) in [6, 6.07) is 6.76. The number of hydrogen-bond donors (Lipinski definition) is 2. The molecule has 1 aromatic rings. The van der Waals surface area contributed by atoms with E-state index in [0.29, 0.717) is 24.3 Å². The van der Waals surface area contributed by atoms with Gasteiger partial charge in [0.2, 0.25) is 0 Å². The number of urea groups is 1. The number of aromatic carboxylic acids is 1. The maximum atomic E-state index is 12.6. The van der Waals surface area contributed by atoms with Crippen molar-refractivity contribution >= 4 is 12.0 Å². The molecule has 1 saturated heterocycles. The van der Waals surface area contributed by atoms with Crippen molar-refractivity contribution < 1.29 is 19.4 Å². The Labute approximate surface area is 140 Å². The highest BCUT2D eigenvalue weighted by molar-refractivity contribution is 5.87. The molecule has 1 aliphatic heterocycles. The summed E-state index contributed by atoms with van der Waals surface area (Å²) >= 11 is 0. The molecule has 0 aromatic heterocycles. The minimum Gasteiger partial charge on any atom is -0.478 e. The second-order valence-corrected chi connectivity index (χ2v) is 7.16. The number of carboxylic acids is 1. The van der Waals surface area contributed by atoms with E-state index < -0.39 is 5.97 Å². The van der Waals surface area contributed by atoms with Crippen LogP contribution in [0.3, 0.4) is 0 Å². The van der Waals surface area contributed by atoms with E-state index in [1.165, 1.54) is 12.8 Å². The third kappa shape index (κ3) is 2.36. The van der Waals surface area contributed by atoms with E-state index in [-0.39, 0.29) is 23.7 Å². The lowest BCUT2D eigenvalue weighted by Gasteiger charge is -2.31. The van der Waals surface area contributed by atoms with E-state index >= 15 is 0 Å². The van der Waals surface area contributed by atoms with E-state index in [9.17, 15) is 9.59 Å². The molecular formula is C18H22N2O4. The molecule has 2 aliphatic carbocycles. The van der Waals surface area contributed by atoms with Gasteiger partial charge in [0.1, 0.15) is 0 Å². The minimum absolute atomic E-state index is 0.0422. The van der Waals surface area contributed by atoms with Crippen molar-refractivity contribution in [2.75, 3.05) is 13.7 Å². The van der Waals surface area contributed by atoms with Crippen molar-refractivity contribution in [2.45, 2.75) is 31.5 Å². The summed E-state index contributed by atoms with van der Waals surface area (Å²) in [7, 11) is 1.75. The number of fused-ring (bicyclic) bond motifs is 1. The Balaban J connectivity index is 1.39. The predicted molar refractivity (Wildman–Crippen MR) is 86.6 cm³/mol. The van der Waals surface area contributed by atoms with Gasteiger partial charge in [0.05, 0.1) is 17.7 Å². The van der Waals surface area contributed by atoms with Crippen molar-refractivity contribution in [1.29, 1.82) is 0 Å². The fraction of sp³-hybridized carbons (Fsp3) is 0.556. The van der Waals surface area contributed by atoms with Gasteiger partial charge >= 0.3 is 12.0 Å². The summed E-state index contributed by atoms with van der Waals surface area (Å²) in [5, 5.41) is 11.9. The lowest BCUT2D eigenvalue weighted by molar-refractivity contribution is 0.0189. The van der Waals surface area contributed by atoms with Crippen LogP contribution in [-0.2, 0) is 11.3 Å². The smallest absolute Gasteiger partial charge is 0.335 e. The number of nitrogens with zero attached hydrogens (tertiary/aromatic N) is 1. The minimum atomic E-state index is -0.945. The maximum Gasteiger partial charge on any atom is 0.335 e. The molecule has 2 amide bonds. The molecule has 1 heterocycles. The predicted octanol–water partition coefficient (Wildman–Crippen LogP) is 1.95. The number of ether oxygens (including phenoxy) is 1. The van der Waals surface area contributed by atoms with Crippen LogP contribution in [0.5, 0.6) is 0 Å². The standard InChI is InChI=1S/C18H22N2O4/c1-24-16-12-6-13-9-20(15(16)14(13)7-12)18(23)19-8-10-2-4-11(5-3-10)17(21)22/h2-5,12-16H,6-9H2,1H3,(H,19,23)(H,21,22)/t12-,13+,14-,15+,16+/m0/s1. The first-order valence-electron chi connectivity index (χ1n) is 8.48. The highest BCUT2D eigenvalue weighted by Gasteiger charge is 2.60. The van der Waals surface area contributed by atoms with Gasteiger partial charge in [0.15, 0.2) is 0 Å². The van der Waals surface area contributed by atoms with Crippen LogP contribution in [0.25, 0.3) is 0 Å². The lowest BCUT2D eigenvalue weighted by atomic mass is 9.88. The molecule has 0 spiro atoms. The first-order chi connectivity index (χ1) is 11.6. The quantitative estimate of drug-likeness (QED) is 0.884. The first kappa shape index (κ1) is 15.4. The fourth-order valence-electron chi connectivity index (χ4n) is 5.00. The van der Waals surface area contributed by atoms with Gasteiger partial charge in [0, 0.05) is 20.2 Å². The zero-order valence-electron chi connectivity index (χ0n) is 13.6. The Kier molecular flexibility index (Phi) is 3.72. The Bertz CT molecular complexity index is 657. The number of methoxy groups -OCH3 is 1. The Morgan fingerprint density at radius 3 is 2.67 bits per heavy atom. The van der Waals surface area contributed by atoms with Crippen LogP contribution in [-0.4, -0.2) is 47.8 Å². The van der Waals surface area contributed by atoms with Gasteiger partial charge in [0.25, 0.3) is 0 Å². The van der Waals surface area contributed by atoms with Gasteiger partial charge in [-0.2, -0.15) is 0 Å². The molecule has 2 saturated carbocycles. The highest BCUT2D eigenvalue weighted by atomic mass is 16.5. The van der Waals surface area contributed by atoms with Crippen LogP contribution >= 0.6 is 0 Å². The maximum absolute atomic E-state index is 12.6. The van der Waals surface area contributed by atoms with Crippen molar-refractivity contribution in [2.24, 2.45) is 17.8 Å². The van der Waals surface area contributed by atoms with Gasteiger partial charge in [-0.3, -0.25) is 0 Å². The third-order valence-electron chi connectivity index (χ3n) is 5.99. The molecule has 6 nitrogen and oxygen atoms in total. The van der Waals surface area contributed by atoms with Gasteiger partial charge < -0.3 is 20.1 Å². The zero-order valence-corrected chi connectivity index (χ0v) is 13.6. The fourth-order valence-corrected chi connectivity index (χ4v) is 5.00. The number of amides is 2. The van der Waals surface area contributed by atoms with Crippen molar-refractivity contribution in [1.82, 2.24) is 10.2 Å². The molecule has 0 radical (unpaired) electrons. The van der Waals surface area contributed by atoms with Gasteiger partial charge in [-0.1, -0.05) is 12.1 Å². The molecule has 6 heteroatoms. The second-order valence-electron chi connectivity index (χ2n) is 7.16. The largest absolute Gasteiger partial charge is 0.478 e. The number of carboxylic acid groups (broad SMARTS) is 1. The molecule has 2 N–H and O–H groups in total. The first-order valence-corrected chi connectivity index (χ1v) is 8.48. The number of rotatable bonds is 4. The van der Waals surface area contributed by atoms with E-state index in [2.05, 4.69) is 5.32 Å². The van der Waals surface area contributed by atoms with E-state index in [1.54, 1.807) is 31.4 Å². The monoisotopic (exact) mass is 330 g/mol. The Hall–Kier alpha value is -2.08. The van der Waals surface area contributed by atoms with Gasteiger partial charge in [-0.15, -0.1) is 0 Å². The van der Waals surface area contributed by atoms with E-state index in [0.717, 1.165) is 12.1 Å². The summed E-state index contributed by atoms with van der Waals surface area (Å²) in [5.74, 6) is 0.892. The van der Waals surface area contributed by atoms with Crippen molar-refractivity contribution in [3.63, 3.8) is 0 Å². The second kappa shape index (κ2) is 5.77. The number of benzene rings is 1. The molecule has 3 fully saturated rings. The van der Waals surface area contributed by atoms with E-state index in [4.69, 9.17) is 9.84 Å². The molecule has 2 bridgehead atoms. The van der Waals surface area contributed by atoms with Crippen LogP contribution in [0.1, 0.15) is 28.8 Å². The van der Waals surface area contributed by atoms with Crippen molar-refractivity contribution in [3.05, 3.63) is 35.4 Å². The number of likely N-dealkylation sites (tertiary alicyclic amines) is 1. The summed E-state index contributed by atoms with van der Waals surface area (Å²) in [5.41, 5.74) is 1.14. The normalized spacial score (nSPS) is 33.0. The SMILES string of the molecule is CO[C@@H]1[C@H]2C[C@@H]3CN(C(=O)NCc4ccc(C(=O)O)cc4)[C@@H]1[C@H]3C2. The Morgan fingerprint density at radius 1 is 1.25 bits per heavy atom. The summed E-state index contributed by atoms with van der Waals surface area (Å²) in [4.78, 5) is 25.5. The van der Waals surface area contributed by atoms with Crippen LogP contribution in [0.2, 0.25) is 0 Å². The number of carbonyl (C=O) groups is 2. The average molecular weight is 330 g/mol. The Morgan fingerprint density at radius 2 is 2.00 bits per heavy atom. The van der Waals surface area contributed by atoms with Crippen LogP contribution in [0.4, 0.5) is 4.79 Å². The topological polar surface area (TPSA) is 78.9 Å². The highest BCUT2D eigenvalue weighted by Crippen LogP contribution is 2.55. The van der Waals surface area contributed by atoms with Crippen LogP contribution in [0, 0.1) is 17.8 Å². The molecule has 3 aliphatic rings. The molecule has 128 valence electrons. The van der Waals surface area contributed by atoms with Crippen LogP contribution in [0.15, 0.2) is 24.3 Å². The van der Waals surface area contributed by atoms with Crippen LogP contribution < -0.4 is 5.32 Å². The number of carbonyl (C=O) groups excluding carboxylic acids is 1. The molecule has 0 unspecified atom stereocenters.